The summed E-state index contributed by atoms with van der Waals surface area (Å²) in [6.45, 7) is 2.30. The van der Waals surface area contributed by atoms with Crippen LogP contribution in [0.15, 0.2) is 12.3 Å². The lowest BCUT2D eigenvalue weighted by Gasteiger charge is -2.06. The molecule has 0 spiro atoms. The van der Waals surface area contributed by atoms with Crippen LogP contribution >= 0.6 is 11.6 Å². The second-order valence-electron chi connectivity index (χ2n) is 4.54. The number of ether oxygens (including phenoxy) is 1. The van der Waals surface area contributed by atoms with Crippen molar-refractivity contribution in [2.75, 3.05) is 11.9 Å². The van der Waals surface area contributed by atoms with E-state index in [0.29, 0.717) is 23.4 Å². The highest BCUT2D eigenvalue weighted by Gasteiger charge is 2.28. The number of aromatic nitrogens is 4. The number of H-pyrrole nitrogens is 1. The van der Waals surface area contributed by atoms with E-state index in [9.17, 15) is 4.79 Å². The molecule has 106 valence electrons. The number of nitrogens with zero attached hydrogens (tertiary/aromatic N) is 3. The van der Waals surface area contributed by atoms with Gasteiger partial charge in [0.05, 0.1) is 11.6 Å². The molecule has 0 atom stereocenters. The number of aromatic amines is 1. The van der Waals surface area contributed by atoms with Crippen molar-refractivity contribution in [2.24, 2.45) is 0 Å². The van der Waals surface area contributed by atoms with Crippen molar-refractivity contribution in [1.29, 1.82) is 0 Å². The molecule has 0 aromatic carbocycles. The summed E-state index contributed by atoms with van der Waals surface area (Å²) in [5.74, 6) is -0.0267. The third-order valence-electron chi connectivity index (χ3n) is 2.96. The van der Waals surface area contributed by atoms with E-state index in [4.69, 9.17) is 16.3 Å². The van der Waals surface area contributed by atoms with Gasteiger partial charge < -0.3 is 9.30 Å². The largest absolute Gasteiger partial charge is 0.463 e. The number of halogens is 1. The summed E-state index contributed by atoms with van der Waals surface area (Å²) in [5.41, 5.74) is 0.520. The molecule has 1 aliphatic rings. The number of amides is 1. The Morgan fingerprint density at radius 1 is 1.65 bits per heavy atom. The van der Waals surface area contributed by atoms with E-state index in [0.717, 1.165) is 12.8 Å². The zero-order chi connectivity index (χ0) is 14.1. The number of rotatable bonds is 5. The molecule has 2 aromatic rings. The predicted octanol–water partition coefficient (Wildman–Crippen LogP) is 2.25. The molecule has 0 unspecified atom stereocenters. The zero-order valence-electron chi connectivity index (χ0n) is 10.9. The summed E-state index contributed by atoms with van der Waals surface area (Å²) in [6, 6.07) is 2.23. The highest BCUT2D eigenvalue weighted by molar-refractivity contribution is 6.31. The molecule has 0 radical (unpaired) electrons. The molecule has 2 N–H and O–H groups in total. The van der Waals surface area contributed by atoms with Crippen LogP contribution in [0.4, 0.5) is 5.95 Å². The quantitative estimate of drug-likeness (QED) is 0.886. The first kappa shape index (κ1) is 13.0. The maximum absolute atomic E-state index is 12.2. The monoisotopic (exact) mass is 295 g/mol. The van der Waals surface area contributed by atoms with Crippen molar-refractivity contribution < 1.29 is 9.53 Å². The van der Waals surface area contributed by atoms with Crippen molar-refractivity contribution in [1.82, 2.24) is 19.7 Å². The van der Waals surface area contributed by atoms with Gasteiger partial charge in [-0.3, -0.25) is 10.1 Å². The van der Waals surface area contributed by atoms with E-state index in [1.165, 1.54) is 0 Å². The fourth-order valence-corrected chi connectivity index (χ4v) is 2.16. The van der Waals surface area contributed by atoms with E-state index in [2.05, 4.69) is 20.5 Å². The molecule has 0 bridgehead atoms. The second kappa shape index (κ2) is 5.16. The van der Waals surface area contributed by atoms with Crippen LogP contribution < -0.4 is 10.1 Å². The second-order valence-corrected chi connectivity index (χ2v) is 4.97. The van der Waals surface area contributed by atoms with Crippen molar-refractivity contribution in [3.63, 3.8) is 0 Å². The Kier molecular flexibility index (Phi) is 3.35. The van der Waals surface area contributed by atoms with Crippen LogP contribution in [-0.4, -0.2) is 32.3 Å². The summed E-state index contributed by atoms with van der Waals surface area (Å²) in [7, 11) is 0. The Bertz CT molecular complexity index is 632. The molecule has 3 rings (SSSR count). The molecule has 0 saturated heterocycles. The summed E-state index contributed by atoms with van der Waals surface area (Å²) in [6.07, 6.45) is 3.92. The molecule has 1 amide bonds. The first-order chi connectivity index (χ1) is 9.67. The van der Waals surface area contributed by atoms with Gasteiger partial charge in [0, 0.05) is 12.2 Å². The maximum atomic E-state index is 12.2. The molecule has 1 saturated carbocycles. The van der Waals surface area contributed by atoms with Crippen molar-refractivity contribution in [3.8, 4) is 6.01 Å². The third-order valence-corrected chi connectivity index (χ3v) is 3.17. The minimum atomic E-state index is -0.275. The fourth-order valence-electron chi connectivity index (χ4n) is 1.95. The van der Waals surface area contributed by atoms with Gasteiger partial charge in [-0.15, -0.1) is 5.10 Å². The molecule has 20 heavy (non-hydrogen) atoms. The molecule has 2 aromatic heterocycles. The number of carbonyl (C=O) groups excluding carboxylic acids is 1. The molecular formula is C12H14ClN5O2. The molecule has 1 fully saturated rings. The fraction of sp³-hybridized carbons (Fsp3) is 0.417. The Hall–Kier alpha value is -2.02. The van der Waals surface area contributed by atoms with Crippen LogP contribution in [0.3, 0.4) is 0 Å². The molecule has 8 heteroatoms. The Labute approximate surface area is 120 Å². The molecule has 0 aliphatic heterocycles. The predicted molar refractivity (Wildman–Crippen MR) is 73.2 cm³/mol. The van der Waals surface area contributed by atoms with Crippen LogP contribution in [0.2, 0.25) is 5.02 Å². The third kappa shape index (κ3) is 2.62. The topological polar surface area (TPSA) is 84.8 Å². The number of hydrogen-bond donors (Lipinski definition) is 2. The smallest absolute Gasteiger partial charge is 0.337 e. The van der Waals surface area contributed by atoms with Gasteiger partial charge in [-0.1, -0.05) is 11.6 Å². The van der Waals surface area contributed by atoms with Gasteiger partial charge in [-0.05, 0) is 25.8 Å². The minimum Gasteiger partial charge on any atom is -0.463 e. The Morgan fingerprint density at radius 2 is 2.45 bits per heavy atom. The van der Waals surface area contributed by atoms with Gasteiger partial charge in [-0.25, -0.2) is 5.10 Å². The van der Waals surface area contributed by atoms with Gasteiger partial charge in [-0.2, -0.15) is 4.98 Å². The minimum absolute atomic E-state index is 0.207. The lowest BCUT2D eigenvalue weighted by Crippen LogP contribution is -2.17. The van der Waals surface area contributed by atoms with Crippen molar-refractivity contribution in [2.45, 2.75) is 25.8 Å². The van der Waals surface area contributed by atoms with E-state index in [-0.39, 0.29) is 17.9 Å². The van der Waals surface area contributed by atoms with Gasteiger partial charge in [0.15, 0.2) is 0 Å². The Balaban J connectivity index is 1.75. The van der Waals surface area contributed by atoms with Crippen LogP contribution in [0, 0.1) is 0 Å². The number of hydrogen-bond acceptors (Lipinski definition) is 4. The number of carbonyl (C=O) groups is 1. The van der Waals surface area contributed by atoms with Crippen LogP contribution in [-0.2, 0) is 0 Å². The van der Waals surface area contributed by atoms with E-state index < -0.39 is 0 Å². The zero-order valence-corrected chi connectivity index (χ0v) is 11.6. The van der Waals surface area contributed by atoms with Gasteiger partial charge in [0.1, 0.15) is 5.69 Å². The summed E-state index contributed by atoms with van der Waals surface area (Å²) in [5, 5.41) is 9.62. The van der Waals surface area contributed by atoms with Crippen molar-refractivity contribution >= 4 is 23.5 Å². The first-order valence-corrected chi connectivity index (χ1v) is 6.79. The van der Waals surface area contributed by atoms with E-state index in [1.807, 2.05) is 11.5 Å². The highest BCUT2D eigenvalue weighted by atomic mass is 35.5. The molecular weight excluding hydrogens is 282 g/mol. The summed E-state index contributed by atoms with van der Waals surface area (Å²) in [4.78, 5) is 16.2. The molecule has 2 heterocycles. The van der Waals surface area contributed by atoms with Gasteiger partial charge in [0.25, 0.3) is 5.91 Å². The average molecular weight is 296 g/mol. The Morgan fingerprint density at radius 3 is 3.15 bits per heavy atom. The SMILES string of the molecule is CCOc1n[nH]c(NC(=O)c2cc(Cl)cn2C2CC2)n1. The summed E-state index contributed by atoms with van der Waals surface area (Å²) < 4.78 is 7.02. The van der Waals surface area contributed by atoms with Crippen LogP contribution in [0.1, 0.15) is 36.3 Å². The van der Waals surface area contributed by atoms with Gasteiger partial charge >= 0.3 is 6.01 Å². The maximum Gasteiger partial charge on any atom is 0.337 e. The highest BCUT2D eigenvalue weighted by Crippen LogP contribution is 2.37. The van der Waals surface area contributed by atoms with Crippen LogP contribution in [0.5, 0.6) is 6.01 Å². The lowest BCUT2D eigenvalue weighted by molar-refractivity contribution is 0.101. The first-order valence-electron chi connectivity index (χ1n) is 6.41. The number of anilines is 1. The summed E-state index contributed by atoms with van der Waals surface area (Å²) >= 11 is 5.97. The average Bonchev–Trinajstić information content (AvgIpc) is 3.05. The van der Waals surface area contributed by atoms with Crippen LogP contribution in [0.25, 0.3) is 0 Å². The number of nitrogens with one attached hydrogen (secondary N) is 2. The van der Waals surface area contributed by atoms with Crippen molar-refractivity contribution in [3.05, 3.63) is 23.0 Å². The van der Waals surface area contributed by atoms with Gasteiger partial charge in [0.2, 0.25) is 5.95 Å². The van der Waals surface area contributed by atoms with E-state index >= 15 is 0 Å². The lowest BCUT2D eigenvalue weighted by atomic mass is 10.4. The van der Waals surface area contributed by atoms with E-state index in [1.54, 1.807) is 12.3 Å². The normalized spacial score (nSPS) is 14.3. The standard InChI is InChI=1S/C12H14ClN5O2/c1-2-20-12-15-11(16-17-12)14-10(19)9-5-7(13)6-18(9)8-3-4-8/h5-6,8H,2-4H2,1H3,(H2,14,15,16,17,19). The molecule has 7 nitrogen and oxygen atoms in total. The molecule has 1 aliphatic carbocycles.